The lowest BCUT2D eigenvalue weighted by atomic mass is 10.4. The second kappa shape index (κ2) is 6.16. The van der Waals surface area contributed by atoms with E-state index in [1.807, 2.05) is 13.8 Å². The highest BCUT2D eigenvalue weighted by Crippen LogP contribution is 2.27. The van der Waals surface area contributed by atoms with Crippen molar-refractivity contribution in [3.05, 3.63) is 0 Å². The lowest BCUT2D eigenvalue weighted by Gasteiger charge is -1.86. The Morgan fingerprint density at radius 2 is 1.91 bits per heavy atom. The molecule has 2 N–H and O–H groups in total. The highest BCUT2D eigenvalue weighted by atomic mass is 16.5. The predicted molar refractivity (Wildman–Crippen MR) is 44.1 cm³/mol. The van der Waals surface area contributed by atoms with Crippen molar-refractivity contribution in [3.8, 4) is 0 Å². The van der Waals surface area contributed by atoms with Crippen LogP contribution in [0.2, 0.25) is 0 Å². The first-order valence-electron chi connectivity index (χ1n) is 4.09. The third-order valence-corrected chi connectivity index (χ3v) is 1.39. The molecule has 1 fully saturated rings. The lowest BCUT2D eigenvalue weighted by Crippen LogP contribution is -2.11. The smallest absolute Gasteiger partial charge is 0.220 e. The van der Waals surface area contributed by atoms with E-state index in [4.69, 9.17) is 10.5 Å². The molecule has 1 saturated carbocycles. The zero-order valence-electron chi connectivity index (χ0n) is 7.30. The van der Waals surface area contributed by atoms with Crippen LogP contribution in [-0.4, -0.2) is 19.1 Å². The zero-order valence-corrected chi connectivity index (χ0v) is 7.30. The first kappa shape index (κ1) is 10.4. The first-order valence-corrected chi connectivity index (χ1v) is 4.09. The van der Waals surface area contributed by atoms with E-state index in [1.165, 1.54) is 0 Å². The number of carbonyl (C=O) groups is 1. The van der Waals surface area contributed by atoms with Gasteiger partial charge in [-0.3, -0.25) is 4.79 Å². The number of nitrogens with two attached hydrogens (primary N) is 1. The van der Waals surface area contributed by atoms with Gasteiger partial charge in [-0.1, -0.05) is 0 Å². The summed E-state index contributed by atoms with van der Waals surface area (Å²) >= 11 is 0. The van der Waals surface area contributed by atoms with Crippen molar-refractivity contribution in [1.82, 2.24) is 0 Å². The summed E-state index contributed by atoms with van der Waals surface area (Å²) in [5, 5.41) is 0. The van der Waals surface area contributed by atoms with Crippen molar-refractivity contribution in [2.45, 2.75) is 26.7 Å². The Bertz CT molecular complexity index is 109. The topological polar surface area (TPSA) is 52.3 Å². The molecule has 0 bridgehead atoms. The highest BCUT2D eigenvalue weighted by molar-refractivity contribution is 5.78. The summed E-state index contributed by atoms with van der Waals surface area (Å²) in [6.07, 6.45) is 2.05. The van der Waals surface area contributed by atoms with Crippen LogP contribution in [0.4, 0.5) is 0 Å². The summed E-state index contributed by atoms with van der Waals surface area (Å²) in [6, 6.07) is 0. The molecule has 0 saturated heterocycles. The summed E-state index contributed by atoms with van der Waals surface area (Å²) < 4.78 is 4.83. The van der Waals surface area contributed by atoms with Crippen LogP contribution in [0.1, 0.15) is 26.7 Å². The number of carbonyl (C=O) groups excluding carboxylic acids is 1. The molecule has 0 heterocycles. The van der Waals surface area contributed by atoms with E-state index in [9.17, 15) is 4.79 Å². The molecule has 3 nitrogen and oxygen atoms in total. The zero-order chi connectivity index (χ0) is 8.69. The first-order chi connectivity index (χ1) is 5.22. The Morgan fingerprint density at radius 3 is 1.91 bits per heavy atom. The molecule has 1 amide bonds. The Labute approximate surface area is 67.9 Å². The summed E-state index contributed by atoms with van der Waals surface area (Å²) in [5.41, 5.74) is 4.86. The molecule has 3 heteroatoms. The minimum atomic E-state index is -0.130. The van der Waals surface area contributed by atoms with Gasteiger partial charge in [-0.05, 0) is 26.7 Å². The van der Waals surface area contributed by atoms with Gasteiger partial charge < -0.3 is 10.5 Å². The molecule has 11 heavy (non-hydrogen) atoms. The van der Waals surface area contributed by atoms with Crippen molar-refractivity contribution in [2.24, 2.45) is 11.7 Å². The second-order valence-corrected chi connectivity index (χ2v) is 2.46. The van der Waals surface area contributed by atoms with E-state index in [2.05, 4.69) is 0 Å². The highest BCUT2D eigenvalue weighted by Gasteiger charge is 2.26. The van der Waals surface area contributed by atoms with Gasteiger partial charge in [-0.2, -0.15) is 0 Å². The van der Waals surface area contributed by atoms with Gasteiger partial charge in [0.25, 0.3) is 0 Å². The molecule has 0 aromatic carbocycles. The number of primary amides is 1. The van der Waals surface area contributed by atoms with Crippen molar-refractivity contribution >= 4 is 5.91 Å². The fourth-order valence-corrected chi connectivity index (χ4v) is 0.572. The maximum Gasteiger partial charge on any atom is 0.220 e. The molecule has 0 atom stereocenters. The van der Waals surface area contributed by atoms with E-state index in [1.54, 1.807) is 0 Å². The van der Waals surface area contributed by atoms with Gasteiger partial charge in [0, 0.05) is 19.1 Å². The number of rotatable bonds is 3. The second-order valence-electron chi connectivity index (χ2n) is 2.46. The van der Waals surface area contributed by atoms with Crippen molar-refractivity contribution < 1.29 is 9.53 Å². The molecule has 1 aliphatic carbocycles. The maximum absolute atomic E-state index is 9.98. The quantitative estimate of drug-likeness (QED) is 0.665. The largest absolute Gasteiger partial charge is 0.382 e. The van der Waals surface area contributed by atoms with Gasteiger partial charge in [0.1, 0.15) is 0 Å². The van der Waals surface area contributed by atoms with Crippen LogP contribution in [0, 0.1) is 5.92 Å². The lowest BCUT2D eigenvalue weighted by molar-refractivity contribution is -0.119. The molecule has 0 aliphatic heterocycles. The minimum Gasteiger partial charge on any atom is -0.382 e. The maximum atomic E-state index is 9.98. The van der Waals surface area contributed by atoms with E-state index in [0.717, 1.165) is 26.1 Å². The summed E-state index contributed by atoms with van der Waals surface area (Å²) in [4.78, 5) is 9.98. The van der Waals surface area contributed by atoms with Crippen LogP contribution in [-0.2, 0) is 9.53 Å². The van der Waals surface area contributed by atoms with Crippen LogP contribution < -0.4 is 5.73 Å². The van der Waals surface area contributed by atoms with Gasteiger partial charge in [-0.25, -0.2) is 0 Å². The van der Waals surface area contributed by atoms with Gasteiger partial charge in [0.2, 0.25) is 5.91 Å². The number of hydrogen-bond donors (Lipinski definition) is 1. The van der Waals surface area contributed by atoms with Crippen LogP contribution in [0.5, 0.6) is 0 Å². The van der Waals surface area contributed by atoms with Crippen molar-refractivity contribution in [1.29, 1.82) is 0 Å². The molecule has 1 rings (SSSR count). The van der Waals surface area contributed by atoms with E-state index in [-0.39, 0.29) is 11.8 Å². The van der Waals surface area contributed by atoms with Crippen molar-refractivity contribution in [3.63, 3.8) is 0 Å². The fraction of sp³-hybridized carbons (Fsp3) is 0.875. The van der Waals surface area contributed by atoms with E-state index >= 15 is 0 Å². The standard InChI is InChI=1S/C4H7NO.C4H10O/c5-4(6)3-1-2-3;1-3-5-4-2/h3H,1-2H2,(H2,5,6);3-4H2,1-2H3. The normalized spacial score (nSPS) is 15.1. The average Bonchev–Trinajstić information content (AvgIpc) is 2.71. The predicted octanol–water partition coefficient (Wildman–Crippen LogP) is 0.924. The summed E-state index contributed by atoms with van der Waals surface area (Å²) in [7, 11) is 0. The Hall–Kier alpha value is -0.570. The SMILES string of the molecule is CCOCC.NC(=O)C1CC1. The number of hydrogen-bond acceptors (Lipinski definition) is 2. The molecule has 0 spiro atoms. The molecule has 66 valence electrons. The molecule has 1 aliphatic rings. The van der Waals surface area contributed by atoms with Crippen molar-refractivity contribution in [2.75, 3.05) is 13.2 Å². The van der Waals surface area contributed by atoms with E-state index < -0.39 is 0 Å². The van der Waals surface area contributed by atoms with Gasteiger partial charge >= 0.3 is 0 Å². The van der Waals surface area contributed by atoms with E-state index in [0.29, 0.717) is 0 Å². The molecular weight excluding hydrogens is 142 g/mol. The van der Waals surface area contributed by atoms with Crippen LogP contribution in [0.15, 0.2) is 0 Å². The molecule has 0 radical (unpaired) electrons. The third-order valence-electron chi connectivity index (χ3n) is 1.39. The molecule has 0 aromatic rings. The summed E-state index contributed by atoms with van der Waals surface area (Å²) in [6.45, 7) is 5.67. The van der Waals surface area contributed by atoms with Gasteiger partial charge in [0.15, 0.2) is 0 Å². The number of amides is 1. The Morgan fingerprint density at radius 1 is 1.45 bits per heavy atom. The monoisotopic (exact) mass is 159 g/mol. The van der Waals surface area contributed by atoms with Gasteiger partial charge in [-0.15, -0.1) is 0 Å². The average molecular weight is 159 g/mol. The Kier molecular flexibility index (Phi) is 5.84. The van der Waals surface area contributed by atoms with Crippen LogP contribution in [0.3, 0.4) is 0 Å². The molecule has 0 aromatic heterocycles. The minimum absolute atomic E-state index is 0.130. The van der Waals surface area contributed by atoms with Crippen LogP contribution in [0.25, 0.3) is 0 Å². The van der Waals surface area contributed by atoms with Gasteiger partial charge in [0.05, 0.1) is 0 Å². The molecule has 0 unspecified atom stereocenters. The van der Waals surface area contributed by atoms with Crippen LogP contribution >= 0.6 is 0 Å². The third kappa shape index (κ3) is 7.33. The Balaban J connectivity index is 0.000000187. The summed E-state index contributed by atoms with van der Waals surface area (Å²) in [5.74, 6) is 0.111. The number of ether oxygens (including phenoxy) is 1. The molecular formula is C8H17NO2. The fourth-order valence-electron chi connectivity index (χ4n) is 0.572.